The van der Waals surface area contributed by atoms with Crippen LogP contribution in [0.2, 0.25) is 5.02 Å². The first-order valence-corrected chi connectivity index (χ1v) is 10.9. The number of hydrogen-bond acceptors (Lipinski definition) is 5. The topological polar surface area (TPSA) is 107 Å². The van der Waals surface area contributed by atoms with Gasteiger partial charge in [0.15, 0.2) is 0 Å². The van der Waals surface area contributed by atoms with Crippen molar-refractivity contribution >= 4 is 17.5 Å². The summed E-state index contributed by atoms with van der Waals surface area (Å²) in [7, 11) is 0. The molecule has 3 aromatic rings. The van der Waals surface area contributed by atoms with Gasteiger partial charge in [-0.15, -0.1) is 0 Å². The molecule has 0 saturated heterocycles. The maximum Gasteiger partial charge on any atom is 0.272 e. The van der Waals surface area contributed by atoms with Crippen molar-refractivity contribution in [3.63, 3.8) is 0 Å². The van der Waals surface area contributed by atoms with E-state index in [2.05, 4.69) is 15.8 Å². The molecule has 0 aliphatic heterocycles. The fourth-order valence-electron chi connectivity index (χ4n) is 3.45. The van der Waals surface area contributed by atoms with Crippen LogP contribution in [0.3, 0.4) is 0 Å². The molecule has 0 spiro atoms. The smallest absolute Gasteiger partial charge is 0.272 e. The third kappa shape index (κ3) is 5.57. The second-order valence-electron chi connectivity index (χ2n) is 7.65. The van der Waals surface area contributed by atoms with Gasteiger partial charge >= 0.3 is 0 Å². The van der Waals surface area contributed by atoms with Gasteiger partial charge in [-0.1, -0.05) is 17.7 Å². The highest BCUT2D eigenvalue weighted by molar-refractivity contribution is 6.30. The number of carbonyl (C=O) groups is 1. The number of nitrogens with one attached hydrogen (secondary N) is 2. The summed E-state index contributed by atoms with van der Waals surface area (Å²) in [5.74, 6) is -0.244. The van der Waals surface area contributed by atoms with E-state index in [9.17, 15) is 9.59 Å². The maximum atomic E-state index is 13.0. The van der Waals surface area contributed by atoms with E-state index in [0.29, 0.717) is 30.2 Å². The Balaban J connectivity index is 1.68. The largest absolute Gasteiger partial charge is 0.352 e. The summed E-state index contributed by atoms with van der Waals surface area (Å²) in [5, 5.41) is 7.87. The number of aromatic nitrogens is 3. The molecule has 2 aromatic heterocycles. The van der Waals surface area contributed by atoms with Crippen LogP contribution in [0, 0.1) is 13.8 Å². The SMILES string of the molecule is CCn1cc(CNn2ccc(C)c(CC(=O)NCc3cc(Cl)ccc3CN)c2=O)c(C)n1. The highest BCUT2D eigenvalue weighted by Gasteiger charge is 2.13. The van der Waals surface area contributed by atoms with Crippen molar-refractivity contribution in [3.05, 3.63) is 85.5 Å². The molecule has 0 radical (unpaired) electrons. The Morgan fingerprint density at radius 1 is 1.16 bits per heavy atom. The van der Waals surface area contributed by atoms with Crippen molar-refractivity contribution in [2.45, 2.75) is 53.4 Å². The second kappa shape index (κ2) is 10.5. The van der Waals surface area contributed by atoms with E-state index < -0.39 is 0 Å². The van der Waals surface area contributed by atoms with Gasteiger partial charge in [-0.25, -0.2) is 4.68 Å². The summed E-state index contributed by atoms with van der Waals surface area (Å²) >= 11 is 6.06. The lowest BCUT2D eigenvalue weighted by Crippen LogP contribution is -2.34. The fraction of sp³-hybridized carbons (Fsp3) is 0.348. The molecule has 0 aliphatic rings. The Bertz CT molecular complexity index is 1170. The van der Waals surface area contributed by atoms with Gasteiger partial charge in [0.25, 0.3) is 5.56 Å². The van der Waals surface area contributed by atoms with Gasteiger partial charge in [0.1, 0.15) is 0 Å². The van der Waals surface area contributed by atoms with Gasteiger partial charge in [0, 0.05) is 48.2 Å². The highest BCUT2D eigenvalue weighted by atomic mass is 35.5. The van der Waals surface area contributed by atoms with Crippen LogP contribution < -0.4 is 22.0 Å². The average Bonchev–Trinajstić information content (AvgIpc) is 3.14. The van der Waals surface area contributed by atoms with Gasteiger partial charge in [-0.05, 0) is 55.7 Å². The Morgan fingerprint density at radius 2 is 1.94 bits per heavy atom. The minimum Gasteiger partial charge on any atom is -0.352 e. The van der Waals surface area contributed by atoms with E-state index in [-0.39, 0.29) is 17.9 Å². The fourth-order valence-corrected chi connectivity index (χ4v) is 3.64. The molecule has 0 aliphatic carbocycles. The van der Waals surface area contributed by atoms with Crippen molar-refractivity contribution in [3.8, 4) is 0 Å². The lowest BCUT2D eigenvalue weighted by molar-refractivity contribution is -0.120. The zero-order valence-electron chi connectivity index (χ0n) is 18.6. The number of nitrogens with two attached hydrogens (primary N) is 1. The minimum atomic E-state index is -0.244. The van der Waals surface area contributed by atoms with Gasteiger partial charge < -0.3 is 16.5 Å². The molecule has 0 bridgehead atoms. The molecule has 3 rings (SSSR count). The first-order chi connectivity index (χ1) is 15.3. The number of halogens is 1. The Hall–Kier alpha value is -3.10. The summed E-state index contributed by atoms with van der Waals surface area (Å²) in [6.07, 6.45) is 3.62. The monoisotopic (exact) mass is 456 g/mol. The lowest BCUT2D eigenvalue weighted by atomic mass is 10.1. The Labute approximate surface area is 192 Å². The highest BCUT2D eigenvalue weighted by Crippen LogP contribution is 2.16. The molecule has 1 amide bonds. The van der Waals surface area contributed by atoms with Crippen molar-refractivity contribution in [2.75, 3.05) is 5.43 Å². The normalized spacial score (nSPS) is 10.9. The van der Waals surface area contributed by atoms with Crippen LogP contribution in [0.25, 0.3) is 0 Å². The molecule has 0 unspecified atom stereocenters. The van der Waals surface area contributed by atoms with Crippen molar-refractivity contribution < 1.29 is 4.79 Å². The number of aryl methyl sites for hydroxylation is 3. The molecule has 8 nitrogen and oxygen atoms in total. The number of hydrogen-bond donors (Lipinski definition) is 3. The molecule has 0 fully saturated rings. The number of carbonyl (C=O) groups excluding carboxylic acids is 1. The molecule has 0 saturated carbocycles. The van der Waals surface area contributed by atoms with Crippen molar-refractivity contribution in [1.29, 1.82) is 0 Å². The van der Waals surface area contributed by atoms with Crippen LogP contribution in [0.1, 0.15) is 40.4 Å². The predicted octanol–water partition coefficient (Wildman–Crippen LogP) is 2.40. The van der Waals surface area contributed by atoms with Crippen molar-refractivity contribution in [2.24, 2.45) is 5.73 Å². The third-order valence-corrected chi connectivity index (χ3v) is 5.68. The second-order valence-corrected chi connectivity index (χ2v) is 8.09. The molecule has 2 heterocycles. The molecule has 170 valence electrons. The number of benzene rings is 1. The Morgan fingerprint density at radius 3 is 2.62 bits per heavy atom. The molecule has 0 atom stereocenters. The van der Waals surface area contributed by atoms with Crippen LogP contribution in [0.15, 0.2) is 41.5 Å². The minimum absolute atomic E-state index is 0.0154. The summed E-state index contributed by atoms with van der Waals surface area (Å²) in [6.45, 7) is 7.68. The van der Waals surface area contributed by atoms with Gasteiger partial charge in [0.2, 0.25) is 5.91 Å². The van der Waals surface area contributed by atoms with E-state index in [1.54, 1.807) is 18.3 Å². The first-order valence-electron chi connectivity index (χ1n) is 10.5. The molecule has 4 N–H and O–H groups in total. The van der Waals surface area contributed by atoms with E-state index in [0.717, 1.165) is 34.5 Å². The third-order valence-electron chi connectivity index (χ3n) is 5.44. The summed E-state index contributed by atoms with van der Waals surface area (Å²) in [4.78, 5) is 25.6. The van der Waals surface area contributed by atoms with Crippen LogP contribution in [0.4, 0.5) is 0 Å². The standard InChI is InChI=1S/C23H29ClN6O2/c1-4-29-14-19(16(3)28-29)13-27-30-8-7-15(2)21(23(30)32)10-22(31)26-12-18-9-20(24)6-5-17(18)11-25/h5-9,14,27H,4,10-13,25H2,1-3H3,(H,26,31). The Kier molecular flexibility index (Phi) is 7.71. The summed E-state index contributed by atoms with van der Waals surface area (Å²) in [6, 6.07) is 7.23. The van der Waals surface area contributed by atoms with Gasteiger partial charge in [-0.2, -0.15) is 5.10 Å². The zero-order valence-corrected chi connectivity index (χ0v) is 19.4. The van der Waals surface area contributed by atoms with Gasteiger partial charge in [0.05, 0.1) is 18.7 Å². The predicted molar refractivity (Wildman–Crippen MR) is 126 cm³/mol. The average molecular weight is 457 g/mol. The van der Waals surface area contributed by atoms with Crippen LogP contribution in [-0.2, 0) is 37.4 Å². The molecule has 1 aromatic carbocycles. The van der Waals surface area contributed by atoms with Crippen LogP contribution >= 0.6 is 11.6 Å². The molecule has 32 heavy (non-hydrogen) atoms. The lowest BCUT2D eigenvalue weighted by Gasteiger charge is -2.13. The van der Waals surface area contributed by atoms with E-state index >= 15 is 0 Å². The number of pyridine rings is 1. The van der Waals surface area contributed by atoms with E-state index in [1.165, 1.54) is 4.68 Å². The van der Waals surface area contributed by atoms with E-state index in [1.807, 2.05) is 43.8 Å². The zero-order chi connectivity index (χ0) is 23.3. The number of rotatable bonds is 9. The van der Waals surface area contributed by atoms with Crippen molar-refractivity contribution in [1.82, 2.24) is 19.8 Å². The quantitative estimate of drug-likeness (QED) is 0.458. The van der Waals surface area contributed by atoms with Gasteiger partial charge in [-0.3, -0.25) is 14.3 Å². The molecular weight excluding hydrogens is 428 g/mol. The van der Waals surface area contributed by atoms with E-state index in [4.69, 9.17) is 17.3 Å². The summed E-state index contributed by atoms with van der Waals surface area (Å²) in [5.41, 5.74) is 13.6. The van der Waals surface area contributed by atoms with Crippen LogP contribution in [0.5, 0.6) is 0 Å². The molecule has 9 heteroatoms. The first kappa shape index (κ1) is 23.6. The number of nitrogens with zero attached hydrogens (tertiary/aromatic N) is 3. The summed E-state index contributed by atoms with van der Waals surface area (Å²) < 4.78 is 3.28. The maximum absolute atomic E-state index is 13.0. The number of amides is 1. The van der Waals surface area contributed by atoms with Crippen LogP contribution in [-0.4, -0.2) is 20.4 Å². The molecular formula is C23H29ClN6O2.